The molecule has 0 radical (unpaired) electrons. The molecule has 1 unspecified atom stereocenters. The van der Waals surface area contributed by atoms with Crippen molar-refractivity contribution < 1.29 is 102 Å². The van der Waals surface area contributed by atoms with E-state index >= 15 is 4.39 Å². The van der Waals surface area contributed by atoms with Crippen molar-refractivity contribution >= 4 is 19.4 Å². The number of carbonyl (C=O) groups excluding carboxylic acids is 2. The molecular formula is C22H28FNa2O8P. The van der Waals surface area contributed by atoms with Crippen LogP contribution in [-0.4, -0.2) is 45.8 Å². The average Bonchev–Trinajstić information content (AvgIpc) is 2.89. The minimum absolute atomic E-state index is 0. The van der Waals surface area contributed by atoms with E-state index < -0.39 is 66.2 Å². The molecule has 4 aliphatic carbocycles. The normalized spacial score (nSPS) is 45.2. The first-order valence-corrected chi connectivity index (χ1v) is 12.3. The molecule has 12 heteroatoms. The van der Waals surface area contributed by atoms with Crippen LogP contribution < -0.4 is 68.9 Å². The molecule has 2 N–H and O–H groups in total. The summed E-state index contributed by atoms with van der Waals surface area (Å²) in [6.07, 6.45) is 3.54. The van der Waals surface area contributed by atoms with E-state index in [9.17, 15) is 34.2 Å². The van der Waals surface area contributed by atoms with Gasteiger partial charge in [0.05, 0.1) is 13.9 Å². The van der Waals surface area contributed by atoms with Crippen LogP contribution in [0.5, 0.6) is 0 Å². The number of carbonyl (C=O) groups is 2. The molecule has 0 heterocycles. The molecule has 8 atom stereocenters. The predicted molar refractivity (Wildman–Crippen MR) is 106 cm³/mol. The molecule has 4 rings (SSSR count). The molecular weight excluding hydrogens is 488 g/mol. The summed E-state index contributed by atoms with van der Waals surface area (Å²) in [4.78, 5) is 46.6. The maximum absolute atomic E-state index is 17.0. The second-order valence-corrected chi connectivity index (χ2v) is 11.5. The summed E-state index contributed by atoms with van der Waals surface area (Å²) in [6, 6.07) is 0. The van der Waals surface area contributed by atoms with Crippen LogP contribution in [0.15, 0.2) is 23.8 Å². The number of Topliss-reactive ketones (excluding diaryl/α,β-unsaturated/α-hetero) is 1. The van der Waals surface area contributed by atoms with Gasteiger partial charge >= 0.3 is 59.1 Å². The molecule has 4 aliphatic rings. The molecule has 0 spiro atoms. The molecule has 0 bridgehead atoms. The fourth-order valence-corrected chi connectivity index (χ4v) is 7.66. The first kappa shape index (κ1) is 31.0. The molecule has 0 saturated heterocycles. The number of phosphoric acid groups is 1. The van der Waals surface area contributed by atoms with Crippen molar-refractivity contribution in [2.75, 3.05) is 6.61 Å². The molecule has 34 heavy (non-hydrogen) atoms. The number of fused-ring (bicyclic) bond motifs is 5. The Balaban J connectivity index is 0.00000204. The maximum atomic E-state index is 17.0. The van der Waals surface area contributed by atoms with E-state index in [1.54, 1.807) is 20.8 Å². The van der Waals surface area contributed by atoms with Gasteiger partial charge in [-0.05, 0) is 56.6 Å². The number of aliphatic hydroxyl groups is 2. The zero-order chi connectivity index (χ0) is 23.9. The second-order valence-electron chi connectivity index (χ2n) is 10.3. The number of hydrogen-bond acceptors (Lipinski definition) is 8. The molecule has 0 aliphatic heterocycles. The molecule has 0 aromatic heterocycles. The van der Waals surface area contributed by atoms with Crippen LogP contribution in [0.1, 0.15) is 46.5 Å². The monoisotopic (exact) mass is 516 g/mol. The molecule has 0 amide bonds. The van der Waals surface area contributed by atoms with Gasteiger partial charge in [-0.2, -0.15) is 0 Å². The van der Waals surface area contributed by atoms with Gasteiger partial charge in [0.2, 0.25) is 0 Å². The standard InChI is InChI=1S/C22H30FO8P.2Na/c1-12-8-16-15-5-4-13-9-14(24)6-7-19(13,2)21(15,23)17(25)10-20(16,3)22(12,27)18(26)11-31-32(28,29)30;;/h6-7,9,12,15-17,25,27H,4-5,8,10-11H2,1-3H3,(H2,28,29,30);;/q;2*+1/p-2/t12-,15-,16-,17-,19?,20-,21-,22-;;/m0../s1. The first-order chi connectivity index (χ1) is 14.6. The van der Waals surface area contributed by atoms with Gasteiger partial charge in [-0.3, -0.25) is 9.59 Å². The topological polar surface area (TPSA) is 147 Å². The predicted octanol–water partition coefficient (Wildman–Crippen LogP) is -5.24. The van der Waals surface area contributed by atoms with Crippen molar-refractivity contribution in [2.24, 2.45) is 28.6 Å². The summed E-state index contributed by atoms with van der Waals surface area (Å²) < 4.78 is 32.0. The van der Waals surface area contributed by atoms with E-state index in [2.05, 4.69) is 4.52 Å². The Bertz CT molecular complexity index is 984. The molecule has 8 nitrogen and oxygen atoms in total. The molecule has 3 fully saturated rings. The zero-order valence-electron chi connectivity index (χ0n) is 20.2. The largest absolute Gasteiger partial charge is 1.00 e. The number of phosphoric ester groups is 1. The number of allylic oxidation sites excluding steroid dienone is 4. The van der Waals surface area contributed by atoms with Crippen molar-refractivity contribution in [3.63, 3.8) is 0 Å². The number of ketones is 2. The number of aliphatic hydroxyl groups excluding tert-OH is 1. The summed E-state index contributed by atoms with van der Waals surface area (Å²) in [7, 11) is -5.43. The van der Waals surface area contributed by atoms with E-state index in [-0.39, 0.29) is 77.7 Å². The fourth-order valence-electron chi connectivity index (χ4n) is 7.39. The first-order valence-electron chi connectivity index (χ1n) is 10.8. The van der Waals surface area contributed by atoms with Crippen LogP contribution >= 0.6 is 7.82 Å². The zero-order valence-corrected chi connectivity index (χ0v) is 25.1. The number of halogens is 1. The summed E-state index contributed by atoms with van der Waals surface area (Å²) in [5.74, 6) is -3.06. The Labute approximate surface area is 242 Å². The minimum atomic E-state index is -5.43. The Kier molecular flexibility index (Phi) is 8.96. The van der Waals surface area contributed by atoms with Crippen LogP contribution in [0.3, 0.4) is 0 Å². The fraction of sp³-hybridized carbons (Fsp3) is 0.727. The number of hydrogen-bond donors (Lipinski definition) is 2. The number of rotatable bonds is 4. The Hall–Kier alpha value is 0.780. The summed E-state index contributed by atoms with van der Waals surface area (Å²) in [5.41, 5.74) is -6.03. The van der Waals surface area contributed by atoms with Crippen molar-refractivity contribution in [1.29, 1.82) is 0 Å². The number of alkyl halides is 1. The van der Waals surface area contributed by atoms with E-state index in [1.165, 1.54) is 18.2 Å². The molecule has 178 valence electrons. The summed E-state index contributed by atoms with van der Waals surface area (Å²) in [5, 5.41) is 22.8. The van der Waals surface area contributed by atoms with Crippen LogP contribution in [0.25, 0.3) is 0 Å². The molecule has 0 aromatic carbocycles. The van der Waals surface area contributed by atoms with Crippen molar-refractivity contribution in [3.8, 4) is 0 Å². The third-order valence-corrected chi connectivity index (χ3v) is 9.45. The van der Waals surface area contributed by atoms with Gasteiger partial charge in [0.15, 0.2) is 17.2 Å². The van der Waals surface area contributed by atoms with Gasteiger partial charge in [-0.1, -0.05) is 25.5 Å². The van der Waals surface area contributed by atoms with Crippen molar-refractivity contribution in [3.05, 3.63) is 23.8 Å². The molecule has 3 saturated carbocycles. The van der Waals surface area contributed by atoms with Gasteiger partial charge in [0, 0.05) is 16.7 Å². The van der Waals surface area contributed by atoms with Crippen LogP contribution in [0.4, 0.5) is 4.39 Å². The summed E-state index contributed by atoms with van der Waals surface area (Å²) in [6.45, 7) is 3.80. The van der Waals surface area contributed by atoms with Crippen molar-refractivity contribution in [2.45, 2.75) is 63.8 Å². The smallest absolute Gasteiger partial charge is 0.790 e. The van der Waals surface area contributed by atoms with Gasteiger partial charge in [-0.25, -0.2) is 4.39 Å². The van der Waals surface area contributed by atoms with Crippen LogP contribution in [0.2, 0.25) is 0 Å². The van der Waals surface area contributed by atoms with Gasteiger partial charge < -0.3 is 29.1 Å². The average molecular weight is 516 g/mol. The Morgan fingerprint density at radius 3 is 2.50 bits per heavy atom. The Morgan fingerprint density at radius 2 is 1.91 bits per heavy atom. The maximum Gasteiger partial charge on any atom is 1.00 e. The van der Waals surface area contributed by atoms with Gasteiger partial charge in [0.25, 0.3) is 0 Å². The SMILES string of the molecule is C[C@H]1C[C@H]2[C@@H]3CCC4=CC(=O)C=CC4(C)[C@@]3(F)[C@@H](O)C[C@]2(C)[C@@]1(O)C(=O)COP(=O)([O-])[O-].[Na+].[Na+]. The van der Waals surface area contributed by atoms with E-state index in [4.69, 9.17) is 0 Å². The van der Waals surface area contributed by atoms with E-state index in [0.29, 0.717) is 18.4 Å². The third kappa shape index (κ3) is 4.20. The Morgan fingerprint density at radius 1 is 1.29 bits per heavy atom. The third-order valence-electron chi connectivity index (χ3n) is 9.00. The quantitative estimate of drug-likeness (QED) is 0.279. The van der Waals surface area contributed by atoms with Crippen LogP contribution in [-0.2, 0) is 18.7 Å². The van der Waals surface area contributed by atoms with Gasteiger partial charge in [-0.15, -0.1) is 0 Å². The second kappa shape index (κ2) is 9.83. The van der Waals surface area contributed by atoms with E-state index in [1.807, 2.05) is 0 Å². The van der Waals surface area contributed by atoms with E-state index in [0.717, 1.165) is 0 Å². The van der Waals surface area contributed by atoms with Crippen molar-refractivity contribution in [1.82, 2.24) is 0 Å². The van der Waals surface area contributed by atoms with Gasteiger partial charge in [0.1, 0.15) is 12.2 Å². The molecule has 0 aromatic rings. The summed E-state index contributed by atoms with van der Waals surface area (Å²) >= 11 is 0. The van der Waals surface area contributed by atoms with Crippen LogP contribution in [0, 0.1) is 28.6 Å². The minimum Gasteiger partial charge on any atom is -0.790 e.